The molecule has 0 saturated carbocycles. The summed E-state index contributed by atoms with van der Waals surface area (Å²) in [6.07, 6.45) is 4.43. The highest BCUT2D eigenvalue weighted by Crippen LogP contribution is 2.26. The predicted molar refractivity (Wildman–Crippen MR) is 113 cm³/mol. The average molecular weight is 402 g/mol. The monoisotopic (exact) mass is 401 g/mol. The van der Waals surface area contributed by atoms with Gasteiger partial charge in [0.2, 0.25) is 0 Å². The molecule has 1 heterocycles. The Bertz CT molecular complexity index is 803. The number of nitrogens with one attached hydrogen (secondary N) is 3. The Labute approximate surface area is 171 Å². The lowest BCUT2D eigenvalue weighted by molar-refractivity contribution is -1.01. The Kier molecular flexibility index (Phi) is 7.48. The van der Waals surface area contributed by atoms with Crippen LogP contribution < -0.4 is 19.9 Å². The highest BCUT2D eigenvalue weighted by Gasteiger charge is 2.24. The quantitative estimate of drug-likeness (QED) is 0.642. The molecule has 2 aromatic rings. The summed E-state index contributed by atoms with van der Waals surface area (Å²) in [6, 6.07) is 15.7. The number of halogens is 1. The Morgan fingerprint density at radius 2 is 1.82 bits per heavy atom. The van der Waals surface area contributed by atoms with Crippen LogP contribution in [0, 0.1) is 0 Å². The molecule has 0 radical (unpaired) electrons. The van der Waals surface area contributed by atoms with E-state index in [9.17, 15) is 4.79 Å². The number of amides is 1. The number of anilines is 1. The van der Waals surface area contributed by atoms with Crippen LogP contribution in [0.15, 0.2) is 54.6 Å². The molecule has 3 N–H and O–H groups in total. The summed E-state index contributed by atoms with van der Waals surface area (Å²) >= 11 is 6.11. The van der Waals surface area contributed by atoms with E-state index < -0.39 is 0 Å². The maximum Gasteiger partial charge on any atom is 0.279 e. The van der Waals surface area contributed by atoms with Crippen LogP contribution in [-0.4, -0.2) is 52.3 Å². The van der Waals surface area contributed by atoms with Crippen LogP contribution in [0.25, 0.3) is 6.08 Å². The van der Waals surface area contributed by atoms with Crippen LogP contribution in [0.3, 0.4) is 0 Å². The van der Waals surface area contributed by atoms with Crippen LogP contribution in [0.2, 0.25) is 5.02 Å². The number of carbonyl (C=O) groups is 1. The van der Waals surface area contributed by atoms with Gasteiger partial charge in [0, 0.05) is 5.69 Å². The van der Waals surface area contributed by atoms with E-state index in [1.54, 1.807) is 30.2 Å². The number of piperazine rings is 1. The summed E-state index contributed by atoms with van der Waals surface area (Å²) in [4.78, 5) is 15.2. The third-order valence-corrected chi connectivity index (χ3v) is 5.32. The van der Waals surface area contributed by atoms with Crippen LogP contribution in [0.1, 0.15) is 5.56 Å². The van der Waals surface area contributed by atoms with Gasteiger partial charge in [0.25, 0.3) is 5.91 Å². The lowest BCUT2D eigenvalue weighted by atomic mass is 10.2. The van der Waals surface area contributed by atoms with Crippen molar-refractivity contribution in [2.24, 2.45) is 0 Å². The zero-order chi connectivity index (χ0) is 19.8. The van der Waals surface area contributed by atoms with Crippen LogP contribution >= 0.6 is 11.6 Å². The highest BCUT2D eigenvalue weighted by atomic mass is 35.5. The molecule has 148 valence electrons. The van der Waals surface area contributed by atoms with Gasteiger partial charge in [0.1, 0.15) is 31.9 Å². The molecule has 5 nitrogen and oxygen atoms in total. The third kappa shape index (κ3) is 6.09. The highest BCUT2D eigenvalue weighted by molar-refractivity contribution is 6.32. The number of hydrogen-bond acceptors (Lipinski definition) is 2. The van der Waals surface area contributed by atoms with Crippen molar-refractivity contribution in [3.63, 3.8) is 0 Å². The normalized spacial score (nSPS) is 19.5. The zero-order valence-corrected chi connectivity index (χ0v) is 17.0. The summed E-state index contributed by atoms with van der Waals surface area (Å²) < 4.78 is 5.13. The van der Waals surface area contributed by atoms with Crippen molar-refractivity contribution in [1.29, 1.82) is 0 Å². The van der Waals surface area contributed by atoms with E-state index in [2.05, 4.69) is 41.7 Å². The van der Waals surface area contributed by atoms with Crippen molar-refractivity contribution in [3.05, 3.63) is 65.2 Å². The lowest BCUT2D eigenvalue weighted by Crippen LogP contribution is -3.28. The summed E-state index contributed by atoms with van der Waals surface area (Å²) in [5.74, 6) is 0.620. The molecule has 6 heteroatoms. The molecular formula is C22H28ClN3O2+2. The number of methoxy groups -OCH3 is 1. The first kappa shape index (κ1) is 20.4. The molecular weight excluding hydrogens is 374 g/mol. The number of benzene rings is 2. The minimum absolute atomic E-state index is 0.0173. The molecule has 1 saturated heterocycles. The Morgan fingerprint density at radius 3 is 2.50 bits per heavy atom. The second kappa shape index (κ2) is 10.3. The first-order valence-electron chi connectivity index (χ1n) is 9.66. The number of quaternary nitrogens is 2. The molecule has 0 aromatic heterocycles. The van der Waals surface area contributed by atoms with E-state index >= 15 is 0 Å². The first-order chi connectivity index (χ1) is 13.6. The van der Waals surface area contributed by atoms with Gasteiger partial charge in [-0.3, -0.25) is 4.79 Å². The SMILES string of the molecule is COc1ccc(NC(=O)C[NH+]2CC[NH+](C/C=C/c3ccccc3)CC2)cc1Cl. The molecule has 3 rings (SSSR count). The van der Waals surface area contributed by atoms with Gasteiger partial charge in [-0.25, -0.2) is 0 Å². The maximum absolute atomic E-state index is 12.3. The second-order valence-electron chi connectivity index (χ2n) is 7.09. The largest absolute Gasteiger partial charge is 0.495 e. The van der Waals surface area contributed by atoms with E-state index in [1.165, 1.54) is 10.5 Å². The molecule has 1 amide bonds. The van der Waals surface area contributed by atoms with E-state index in [0.29, 0.717) is 23.0 Å². The van der Waals surface area contributed by atoms with Crippen molar-refractivity contribution in [2.45, 2.75) is 0 Å². The summed E-state index contributed by atoms with van der Waals surface area (Å²) in [5.41, 5.74) is 1.94. The molecule has 1 fully saturated rings. The predicted octanol–water partition coefficient (Wildman–Crippen LogP) is 0.784. The molecule has 0 bridgehead atoms. The smallest absolute Gasteiger partial charge is 0.279 e. The lowest BCUT2D eigenvalue weighted by Gasteiger charge is -2.28. The molecule has 0 spiro atoms. The number of ether oxygens (including phenoxy) is 1. The van der Waals surface area contributed by atoms with E-state index in [-0.39, 0.29) is 5.91 Å². The maximum atomic E-state index is 12.3. The average Bonchev–Trinajstić information content (AvgIpc) is 2.70. The molecule has 28 heavy (non-hydrogen) atoms. The molecule has 1 aliphatic heterocycles. The van der Waals surface area contributed by atoms with E-state index in [0.717, 1.165) is 32.7 Å². The number of hydrogen-bond donors (Lipinski definition) is 3. The Hall–Kier alpha value is -2.34. The number of carbonyl (C=O) groups excluding carboxylic acids is 1. The first-order valence-corrected chi connectivity index (χ1v) is 10.0. The molecule has 0 unspecified atom stereocenters. The van der Waals surface area contributed by atoms with Crippen molar-refractivity contribution >= 4 is 29.3 Å². The zero-order valence-electron chi connectivity index (χ0n) is 16.2. The van der Waals surface area contributed by atoms with Crippen molar-refractivity contribution < 1.29 is 19.3 Å². The Morgan fingerprint density at radius 1 is 1.11 bits per heavy atom. The van der Waals surface area contributed by atoms with Gasteiger partial charge in [0.15, 0.2) is 6.54 Å². The van der Waals surface area contributed by atoms with Crippen molar-refractivity contribution in [1.82, 2.24) is 0 Å². The second-order valence-corrected chi connectivity index (χ2v) is 7.50. The van der Waals surface area contributed by atoms with Crippen molar-refractivity contribution in [3.8, 4) is 5.75 Å². The fourth-order valence-electron chi connectivity index (χ4n) is 3.44. The van der Waals surface area contributed by atoms with Crippen molar-refractivity contribution in [2.75, 3.05) is 51.7 Å². The van der Waals surface area contributed by atoms with Gasteiger partial charge in [-0.1, -0.05) is 48.0 Å². The molecule has 0 aliphatic carbocycles. The fourth-order valence-corrected chi connectivity index (χ4v) is 3.70. The third-order valence-electron chi connectivity index (χ3n) is 5.03. The summed E-state index contributed by atoms with van der Waals surface area (Å²) in [6.45, 7) is 5.68. The number of rotatable bonds is 7. The van der Waals surface area contributed by atoms with Gasteiger partial charge in [-0.2, -0.15) is 0 Å². The van der Waals surface area contributed by atoms with E-state index in [1.807, 2.05) is 6.07 Å². The topological polar surface area (TPSA) is 47.2 Å². The summed E-state index contributed by atoms with van der Waals surface area (Å²) in [5, 5.41) is 3.42. The van der Waals surface area contributed by atoms with Crippen LogP contribution in [0.4, 0.5) is 5.69 Å². The van der Waals surface area contributed by atoms with Gasteiger partial charge in [-0.05, 0) is 29.8 Å². The molecule has 2 aromatic carbocycles. The van der Waals surface area contributed by atoms with E-state index in [4.69, 9.17) is 16.3 Å². The van der Waals surface area contributed by atoms with Gasteiger partial charge < -0.3 is 19.9 Å². The van der Waals surface area contributed by atoms with Crippen LogP contribution in [0.5, 0.6) is 5.75 Å². The van der Waals surface area contributed by atoms with Gasteiger partial charge >= 0.3 is 0 Å². The van der Waals surface area contributed by atoms with Crippen LogP contribution in [-0.2, 0) is 4.79 Å². The van der Waals surface area contributed by atoms with Gasteiger partial charge in [-0.15, -0.1) is 0 Å². The Balaban J connectivity index is 1.39. The minimum Gasteiger partial charge on any atom is -0.495 e. The minimum atomic E-state index is 0.0173. The molecule has 1 aliphatic rings. The fraction of sp³-hybridized carbons (Fsp3) is 0.318. The van der Waals surface area contributed by atoms with Gasteiger partial charge in [0.05, 0.1) is 18.7 Å². The molecule has 0 atom stereocenters. The summed E-state index contributed by atoms with van der Waals surface area (Å²) in [7, 11) is 1.57. The standard InChI is InChI=1S/C22H26ClN3O2/c1-28-21-10-9-19(16-20(21)23)24-22(27)17-26-14-12-25(13-15-26)11-5-8-18-6-3-2-4-7-18/h2-10,16H,11-15,17H2,1H3,(H,24,27)/p+2/b8-5+.